The lowest BCUT2D eigenvalue weighted by atomic mass is 10.2. The molecule has 0 fully saturated rings. The maximum Gasteiger partial charge on any atom is 0.356 e. The zero-order valence-corrected chi connectivity index (χ0v) is 15.2. The number of carbonyl (C=O) groups excluding carboxylic acids is 1. The fraction of sp³-hybridized carbons (Fsp3) is 0.333. The van der Waals surface area contributed by atoms with E-state index in [9.17, 15) is 29.0 Å². The molecule has 0 amide bonds. The molecule has 1 atom stereocenters. The molecule has 0 aliphatic carbocycles. The van der Waals surface area contributed by atoms with Crippen LogP contribution in [0.2, 0.25) is 0 Å². The molecule has 13 heteroatoms. The van der Waals surface area contributed by atoms with Gasteiger partial charge in [-0.15, -0.1) is 0 Å². The maximum atomic E-state index is 12.4. The largest absolute Gasteiger partial charge is 0.480 e. The smallest absolute Gasteiger partial charge is 0.356 e. The summed E-state index contributed by atoms with van der Waals surface area (Å²) in [5.41, 5.74) is 3.89. The number of ether oxygens (including phenoxy) is 2. The summed E-state index contributed by atoms with van der Waals surface area (Å²) in [6.07, 6.45) is -0.925. The highest BCUT2D eigenvalue weighted by Crippen LogP contribution is 2.54. The van der Waals surface area contributed by atoms with Crippen molar-refractivity contribution in [3.05, 3.63) is 23.8 Å². The molecule has 0 heterocycles. The third kappa shape index (κ3) is 7.08. The summed E-state index contributed by atoms with van der Waals surface area (Å²) in [7, 11) is -4.24. The third-order valence-corrected chi connectivity index (χ3v) is 5.08. The zero-order chi connectivity index (χ0) is 21.5. The summed E-state index contributed by atoms with van der Waals surface area (Å²) in [5, 5.41) is 26.1. The summed E-state index contributed by atoms with van der Waals surface area (Å²) in [5.74, 6) is -4.49. The number of benzene rings is 1. The Morgan fingerprint density at radius 1 is 0.964 bits per heavy atom. The number of nitrogens with two attached hydrogens (primary N) is 1. The lowest BCUT2D eigenvalue weighted by Crippen LogP contribution is -2.31. The van der Waals surface area contributed by atoms with Crippen LogP contribution in [-0.2, 0) is 14.4 Å². The van der Waals surface area contributed by atoms with Crippen LogP contribution in [0.3, 0.4) is 0 Å². The van der Waals surface area contributed by atoms with Crippen molar-refractivity contribution in [2.45, 2.75) is 12.5 Å². The van der Waals surface area contributed by atoms with Gasteiger partial charge in [0.15, 0.2) is 24.7 Å². The third-order valence-electron chi connectivity index (χ3n) is 3.29. The molecule has 0 spiro atoms. The summed E-state index contributed by atoms with van der Waals surface area (Å²) >= 11 is 0. The number of carboxylic acid groups (broad SMARTS) is 3. The van der Waals surface area contributed by atoms with E-state index in [0.29, 0.717) is 0 Å². The fourth-order valence-electron chi connectivity index (χ4n) is 1.90. The monoisotopic (exact) mass is 420 g/mol. The van der Waals surface area contributed by atoms with Gasteiger partial charge in [-0.05, 0) is 18.2 Å². The van der Waals surface area contributed by atoms with E-state index in [1.807, 2.05) is 0 Å². The van der Waals surface area contributed by atoms with Gasteiger partial charge in [-0.25, -0.2) is 24.2 Å². The molecule has 0 aliphatic rings. The predicted molar refractivity (Wildman–Crippen MR) is 93.5 cm³/mol. The van der Waals surface area contributed by atoms with Crippen molar-refractivity contribution in [2.75, 3.05) is 19.4 Å². The number of carbonyl (C=O) groups is 4. The molecule has 0 saturated carbocycles. The molecule has 1 aromatic carbocycles. The molecule has 0 bridgehead atoms. The summed E-state index contributed by atoms with van der Waals surface area (Å²) < 4.78 is 9.88. The molecule has 1 aromatic rings. The molecular formula is C15H19NO11P+. The van der Waals surface area contributed by atoms with E-state index < -0.39 is 56.6 Å². The quantitative estimate of drug-likeness (QED) is 0.234. The molecular weight excluding hydrogens is 401 g/mol. The Labute approximate surface area is 158 Å². The number of aliphatic carboxylic acids is 3. The number of carboxylic acids is 3. The molecule has 0 unspecified atom stereocenters. The highest BCUT2D eigenvalue weighted by atomic mass is 31.2. The average Bonchev–Trinajstić information content (AvgIpc) is 2.62. The van der Waals surface area contributed by atoms with E-state index >= 15 is 0 Å². The van der Waals surface area contributed by atoms with Crippen molar-refractivity contribution in [2.24, 2.45) is 5.73 Å². The van der Waals surface area contributed by atoms with Gasteiger partial charge < -0.3 is 30.5 Å². The standard InChI is InChI=1S/C15H18NO11P/c16-9(14(21)22)3-4-28(24,25)15(23)8-1-2-10(26-6-12(17)18)11(5-8)27-7-13(19)20/h1-2,5,9,24-25H,3-4,6-7,16H2,(H2-,17,18,19,20,21,22)/p+1/t9-/m0/s1. The average molecular weight is 420 g/mol. The van der Waals surface area contributed by atoms with Crippen molar-refractivity contribution < 1.29 is 53.8 Å². The molecule has 0 radical (unpaired) electrons. The van der Waals surface area contributed by atoms with Crippen LogP contribution < -0.4 is 15.2 Å². The molecule has 28 heavy (non-hydrogen) atoms. The van der Waals surface area contributed by atoms with Crippen LogP contribution in [0.15, 0.2) is 18.2 Å². The van der Waals surface area contributed by atoms with Gasteiger partial charge in [0.05, 0.1) is 5.56 Å². The number of hydrogen-bond donors (Lipinski definition) is 6. The fourth-order valence-corrected chi connectivity index (χ4v) is 3.30. The molecule has 0 aliphatic heterocycles. The highest BCUT2D eigenvalue weighted by molar-refractivity contribution is 7.81. The predicted octanol–water partition coefficient (Wildman–Crippen LogP) is -0.612. The molecule has 0 aromatic heterocycles. The Hall–Kier alpha value is -2.79. The first-order valence-corrected chi connectivity index (χ1v) is 9.52. The van der Waals surface area contributed by atoms with Crippen LogP contribution >= 0.6 is 7.72 Å². The normalized spacial score (nSPS) is 12.1. The van der Waals surface area contributed by atoms with E-state index in [-0.39, 0.29) is 23.5 Å². The van der Waals surface area contributed by atoms with Crippen LogP contribution in [0.4, 0.5) is 0 Å². The molecule has 154 valence electrons. The lowest BCUT2D eigenvalue weighted by molar-refractivity contribution is -0.140. The van der Waals surface area contributed by atoms with E-state index in [0.717, 1.165) is 18.2 Å². The summed E-state index contributed by atoms with van der Waals surface area (Å²) in [6, 6.07) is 1.80. The Morgan fingerprint density at radius 2 is 1.50 bits per heavy atom. The zero-order valence-electron chi connectivity index (χ0n) is 14.3. The number of rotatable bonds is 12. The van der Waals surface area contributed by atoms with Crippen LogP contribution in [0.25, 0.3) is 0 Å². The minimum absolute atomic E-state index is 0.173. The highest BCUT2D eigenvalue weighted by Gasteiger charge is 2.45. The van der Waals surface area contributed by atoms with Crippen LogP contribution in [0.1, 0.15) is 16.8 Å². The Kier molecular flexibility index (Phi) is 8.26. The summed E-state index contributed by atoms with van der Waals surface area (Å²) in [6.45, 7) is -1.59. The minimum atomic E-state index is -4.24. The first-order chi connectivity index (χ1) is 12.9. The molecule has 12 nitrogen and oxygen atoms in total. The Morgan fingerprint density at radius 3 is 2.00 bits per heavy atom. The van der Waals surface area contributed by atoms with Gasteiger partial charge in [0.1, 0.15) is 12.2 Å². The second-order valence-corrected chi connectivity index (χ2v) is 7.83. The van der Waals surface area contributed by atoms with Crippen LogP contribution in [0.5, 0.6) is 11.5 Å². The second-order valence-electron chi connectivity index (χ2n) is 5.52. The van der Waals surface area contributed by atoms with Crippen molar-refractivity contribution in [3.8, 4) is 11.5 Å². The topological polar surface area (TPSA) is 214 Å². The maximum absolute atomic E-state index is 12.4. The van der Waals surface area contributed by atoms with Crippen molar-refractivity contribution in [3.63, 3.8) is 0 Å². The number of hydrogen-bond acceptors (Lipinski definition) is 9. The molecule has 7 N–H and O–H groups in total. The van der Waals surface area contributed by atoms with Crippen LogP contribution in [0, 0.1) is 0 Å². The molecule has 0 saturated heterocycles. The van der Waals surface area contributed by atoms with Crippen molar-refractivity contribution in [1.29, 1.82) is 0 Å². The van der Waals surface area contributed by atoms with E-state index in [4.69, 9.17) is 30.5 Å². The van der Waals surface area contributed by atoms with E-state index in [1.165, 1.54) is 0 Å². The molecule has 1 rings (SSSR count). The van der Waals surface area contributed by atoms with E-state index in [1.54, 1.807) is 0 Å². The summed E-state index contributed by atoms with van der Waals surface area (Å²) in [4.78, 5) is 64.4. The van der Waals surface area contributed by atoms with Crippen LogP contribution in [-0.4, -0.2) is 74.0 Å². The second kappa shape index (κ2) is 9.95. The van der Waals surface area contributed by atoms with Gasteiger partial charge in [0.25, 0.3) is 0 Å². The Bertz CT molecular complexity index is 764. The van der Waals surface area contributed by atoms with Gasteiger partial charge in [-0.1, -0.05) is 0 Å². The van der Waals surface area contributed by atoms with Gasteiger partial charge in [-0.3, -0.25) is 4.79 Å². The van der Waals surface area contributed by atoms with Crippen molar-refractivity contribution >= 4 is 31.1 Å². The first-order valence-electron chi connectivity index (χ1n) is 7.64. The first kappa shape index (κ1) is 23.2. The van der Waals surface area contributed by atoms with Gasteiger partial charge in [0.2, 0.25) is 0 Å². The van der Waals surface area contributed by atoms with Crippen molar-refractivity contribution in [1.82, 2.24) is 0 Å². The van der Waals surface area contributed by atoms with E-state index in [2.05, 4.69) is 0 Å². The lowest BCUT2D eigenvalue weighted by Gasteiger charge is -2.14. The Balaban J connectivity index is 3.05. The van der Waals surface area contributed by atoms with Gasteiger partial charge in [0, 0.05) is 6.42 Å². The van der Waals surface area contributed by atoms with Gasteiger partial charge >= 0.3 is 31.1 Å². The SMILES string of the molecule is N[C@@H](CC[P+](O)(O)C(=O)c1ccc(OCC(=O)O)c(OCC(=O)O)c1)C(=O)O. The van der Waals surface area contributed by atoms with Gasteiger partial charge in [-0.2, -0.15) is 0 Å². The minimum Gasteiger partial charge on any atom is -0.480 e.